The Labute approximate surface area is 164 Å². The van der Waals surface area contributed by atoms with E-state index in [2.05, 4.69) is 16.7 Å². The monoisotopic (exact) mass is 379 g/mol. The topological polar surface area (TPSA) is 70.7 Å². The first-order valence-corrected chi connectivity index (χ1v) is 9.84. The fourth-order valence-corrected chi connectivity index (χ4v) is 3.40. The van der Waals surface area contributed by atoms with Crippen molar-refractivity contribution in [1.29, 1.82) is 0 Å². The first-order valence-electron chi connectivity index (χ1n) is 9.84. The SMILES string of the molecule is CCOc1ccc2c(c1)CN(C(=O)Nc1cccc(C(=O)NC3CC3)c1)CC2. The standard InChI is InChI=1S/C22H25N3O3/c1-2-28-20-9-6-15-10-11-25(14-17(15)13-20)22(27)24-19-5-3-4-16(12-19)21(26)23-18-7-8-18/h3-6,9,12-13,18H,2,7-8,10-11,14H2,1H3,(H,23,26)(H,24,27). The predicted octanol–water partition coefficient (Wildman–Crippen LogP) is 3.57. The van der Waals surface area contributed by atoms with Crippen LogP contribution in [0.5, 0.6) is 5.75 Å². The zero-order valence-electron chi connectivity index (χ0n) is 16.0. The first kappa shape index (κ1) is 18.3. The number of amides is 3. The molecule has 0 atom stereocenters. The number of carbonyl (C=O) groups is 2. The van der Waals surface area contributed by atoms with E-state index < -0.39 is 0 Å². The average Bonchev–Trinajstić information content (AvgIpc) is 3.52. The van der Waals surface area contributed by atoms with Gasteiger partial charge in [0.1, 0.15) is 5.75 Å². The summed E-state index contributed by atoms with van der Waals surface area (Å²) in [5, 5.41) is 5.89. The molecule has 146 valence electrons. The van der Waals surface area contributed by atoms with Crippen LogP contribution < -0.4 is 15.4 Å². The maximum absolute atomic E-state index is 12.7. The third-order valence-electron chi connectivity index (χ3n) is 5.08. The maximum Gasteiger partial charge on any atom is 0.322 e. The van der Waals surface area contributed by atoms with E-state index in [1.165, 1.54) is 5.56 Å². The van der Waals surface area contributed by atoms with Crippen molar-refractivity contribution in [2.24, 2.45) is 0 Å². The smallest absolute Gasteiger partial charge is 0.322 e. The maximum atomic E-state index is 12.7. The third-order valence-corrected chi connectivity index (χ3v) is 5.08. The van der Waals surface area contributed by atoms with Crippen LogP contribution in [0.4, 0.5) is 10.5 Å². The van der Waals surface area contributed by atoms with Crippen LogP contribution in [0.25, 0.3) is 0 Å². The van der Waals surface area contributed by atoms with Crippen molar-refractivity contribution in [1.82, 2.24) is 10.2 Å². The lowest BCUT2D eigenvalue weighted by molar-refractivity contribution is 0.0951. The Morgan fingerprint density at radius 3 is 2.79 bits per heavy atom. The van der Waals surface area contributed by atoms with Crippen LogP contribution in [-0.4, -0.2) is 36.0 Å². The van der Waals surface area contributed by atoms with Gasteiger partial charge in [0.2, 0.25) is 0 Å². The number of fused-ring (bicyclic) bond motifs is 1. The van der Waals surface area contributed by atoms with Gasteiger partial charge in [0, 0.05) is 30.4 Å². The molecule has 1 fully saturated rings. The third kappa shape index (κ3) is 4.27. The minimum atomic E-state index is -0.160. The van der Waals surface area contributed by atoms with Crippen LogP contribution in [0.2, 0.25) is 0 Å². The Bertz CT molecular complexity index is 892. The van der Waals surface area contributed by atoms with E-state index in [0.29, 0.717) is 37.0 Å². The molecule has 0 spiro atoms. The van der Waals surface area contributed by atoms with Crippen LogP contribution >= 0.6 is 0 Å². The lowest BCUT2D eigenvalue weighted by atomic mass is 10.00. The zero-order chi connectivity index (χ0) is 19.5. The highest BCUT2D eigenvalue weighted by Gasteiger charge is 2.24. The molecule has 4 rings (SSSR count). The number of ether oxygens (including phenoxy) is 1. The molecule has 2 N–H and O–H groups in total. The molecule has 0 bridgehead atoms. The van der Waals surface area contributed by atoms with Crippen molar-refractivity contribution in [3.8, 4) is 5.75 Å². The fraction of sp³-hybridized carbons (Fsp3) is 0.364. The molecule has 28 heavy (non-hydrogen) atoms. The van der Waals surface area contributed by atoms with E-state index in [-0.39, 0.29) is 11.9 Å². The summed E-state index contributed by atoms with van der Waals surface area (Å²) in [6.07, 6.45) is 2.91. The summed E-state index contributed by atoms with van der Waals surface area (Å²) in [5.74, 6) is 0.742. The minimum Gasteiger partial charge on any atom is -0.494 e. The van der Waals surface area contributed by atoms with Crippen molar-refractivity contribution in [2.45, 2.75) is 38.8 Å². The van der Waals surface area contributed by atoms with E-state index in [0.717, 1.165) is 30.6 Å². The van der Waals surface area contributed by atoms with Crippen molar-refractivity contribution in [3.63, 3.8) is 0 Å². The van der Waals surface area contributed by atoms with Gasteiger partial charge >= 0.3 is 6.03 Å². The van der Waals surface area contributed by atoms with Gasteiger partial charge in [-0.15, -0.1) is 0 Å². The van der Waals surface area contributed by atoms with Gasteiger partial charge in [0.15, 0.2) is 0 Å². The molecule has 1 saturated carbocycles. The van der Waals surface area contributed by atoms with Crippen molar-refractivity contribution >= 4 is 17.6 Å². The molecular weight excluding hydrogens is 354 g/mol. The van der Waals surface area contributed by atoms with E-state index >= 15 is 0 Å². The second-order valence-corrected chi connectivity index (χ2v) is 7.29. The van der Waals surface area contributed by atoms with Crippen molar-refractivity contribution in [2.75, 3.05) is 18.5 Å². The number of hydrogen-bond acceptors (Lipinski definition) is 3. The van der Waals surface area contributed by atoms with E-state index in [1.54, 1.807) is 29.2 Å². The second kappa shape index (κ2) is 7.92. The van der Waals surface area contributed by atoms with Gasteiger partial charge in [-0.1, -0.05) is 12.1 Å². The lowest BCUT2D eigenvalue weighted by Gasteiger charge is -2.29. The molecule has 1 aliphatic heterocycles. The molecule has 2 aromatic rings. The fourth-order valence-electron chi connectivity index (χ4n) is 3.40. The van der Waals surface area contributed by atoms with Crippen LogP contribution in [-0.2, 0) is 13.0 Å². The van der Waals surface area contributed by atoms with Crippen LogP contribution in [0.1, 0.15) is 41.3 Å². The summed E-state index contributed by atoms with van der Waals surface area (Å²) < 4.78 is 5.57. The molecule has 2 aromatic carbocycles. The molecule has 1 heterocycles. The highest BCUT2D eigenvalue weighted by molar-refractivity contribution is 5.97. The number of hydrogen-bond donors (Lipinski definition) is 2. The summed E-state index contributed by atoms with van der Waals surface area (Å²) in [6, 6.07) is 13.3. The van der Waals surface area contributed by atoms with Gasteiger partial charge < -0.3 is 20.3 Å². The zero-order valence-corrected chi connectivity index (χ0v) is 16.0. The summed E-state index contributed by atoms with van der Waals surface area (Å²) in [5.41, 5.74) is 3.56. The Morgan fingerprint density at radius 1 is 1.14 bits per heavy atom. The normalized spacial score (nSPS) is 15.5. The van der Waals surface area contributed by atoms with Crippen molar-refractivity contribution in [3.05, 3.63) is 59.2 Å². The highest BCUT2D eigenvalue weighted by atomic mass is 16.5. The molecule has 0 unspecified atom stereocenters. The number of carbonyl (C=O) groups excluding carboxylic acids is 2. The molecule has 6 heteroatoms. The van der Waals surface area contributed by atoms with E-state index in [9.17, 15) is 9.59 Å². The van der Waals surface area contributed by atoms with Gasteiger partial charge in [-0.25, -0.2) is 4.79 Å². The summed E-state index contributed by atoms with van der Waals surface area (Å²) in [7, 11) is 0. The Morgan fingerprint density at radius 2 is 2.00 bits per heavy atom. The molecule has 6 nitrogen and oxygen atoms in total. The van der Waals surface area contributed by atoms with Crippen molar-refractivity contribution < 1.29 is 14.3 Å². The number of urea groups is 1. The van der Waals surface area contributed by atoms with Crippen LogP contribution in [0.3, 0.4) is 0 Å². The molecule has 2 aliphatic rings. The second-order valence-electron chi connectivity index (χ2n) is 7.29. The summed E-state index contributed by atoms with van der Waals surface area (Å²) >= 11 is 0. The van der Waals surface area contributed by atoms with Gasteiger partial charge in [-0.3, -0.25) is 4.79 Å². The Hall–Kier alpha value is -3.02. The number of benzene rings is 2. The number of nitrogens with zero attached hydrogens (tertiary/aromatic N) is 1. The molecule has 0 radical (unpaired) electrons. The first-order chi connectivity index (χ1) is 13.6. The Balaban J connectivity index is 1.41. The number of rotatable bonds is 5. The molecule has 0 saturated heterocycles. The molecule has 1 aliphatic carbocycles. The van der Waals surface area contributed by atoms with E-state index in [1.807, 2.05) is 19.1 Å². The van der Waals surface area contributed by atoms with Gasteiger partial charge in [-0.05, 0) is 67.6 Å². The van der Waals surface area contributed by atoms with E-state index in [4.69, 9.17) is 4.74 Å². The predicted molar refractivity (Wildman–Crippen MR) is 108 cm³/mol. The number of anilines is 1. The molecular formula is C22H25N3O3. The average molecular weight is 379 g/mol. The minimum absolute atomic E-state index is 0.0889. The van der Waals surface area contributed by atoms with Crippen LogP contribution in [0, 0.1) is 0 Å². The quantitative estimate of drug-likeness (QED) is 0.834. The van der Waals surface area contributed by atoms with Crippen LogP contribution in [0.15, 0.2) is 42.5 Å². The van der Waals surface area contributed by atoms with Gasteiger partial charge in [-0.2, -0.15) is 0 Å². The summed E-state index contributed by atoms with van der Waals surface area (Å²) in [4.78, 5) is 26.7. The van der Waals surface area contributed by atoms with Gasteiger partial charge in [0.25, 0.3) is 5.91 Å². The largest absolute Gasteiger partial charge is 0.494 e. The lowest BCUT2D eigenvalue weighted by Crippen LogP contribution is -2.38. The van der Waals surface area contributed by atoms with Gasteiger partial charge in [0.05, 0.1) is 6.61 Å². The number of nitrogens with one attached hydrogen (secondary N) is 2. The molecule has 0 aromatic heterocycles. The molecule has 3 amide bonds. The highest BCUT2D eigenvalue weighted by Crippen LogP contribution is 2.25. The summed E-state index contributed by atoms with van der Waals surface area (Å²) in [6.45, 7) is 3.78. The Kier molecular flexibility index (Phi) is 5.19.